The molecule has 0 amide bonds. The van der Waals surface area contributed by atoms with E-state index in [9.17, 15) is 0 Å². The minimum absolute atomic E-state index is 0.0553. The fourth-order valence-corrected chi connectivity index (χ4v) is 1.83. The van der Waals surface area contributed by atoms with Crippen molar-refractivity contribution in [3.8, 4) is 12.3 Å². The molecular formula is C12H13Cl2N. The topological polar surface area (TPSA) is 26.0 Å². The van der Waals surface area contributed by atoms with Crippen LogP contribution in [0.1, 0.15) is 18.4 Å². The normalized spacial score (nSPS) is 12.1. The molecule has 80 valence electrons. The fraction of sp³-hybridized carbons (Fsp3) is 0.333. The van der Waals surface area contributed by atoms with E-state index < -0.39 is 0 Å². The predicted molar refractivity (Wildman–Crippen MR) is 66.2 cm³/mol. The second kappa shape index (κ2) is 6.02. The van der Waals surface area contributed by atoms with Crippen molar-refractivity contribution in [3.05, 3.63) is 33.8 Å². The molecule has 1 unspecified atom stereocenters. The zero-order valence-corrected chi connectivity index (χ0v) is 9.85. The molecule has 1 aromatic rings. The highest BCUT2D eigenvalue weighted by Gasteiger charge is 2.07. The molecule has 1 nitrogen and oxygen atoms in total. The molecule has 1 rings (SSSR count). The molecule has 0 aromatic heterocycles. The number of benzene rings is 1. The minimum Gasteiger partial charge on any atom is -0.327 e. The lowest BCUT2D eigenvalue weighted by Gasteiger charge is -2.11. The Morgan fingerprint density at radius 1 is 1.40 bits per heavy atom. The number of nitrogens with two attached hydrogens (primary N) is 1. The number of rotatable bonds is 4. The molecule has 0 aliphatic heterocycles. The molecule has 1 atom stereocenters. The van der Waals surface area contributed by atoms with Gasteiger partial charge in [0.15, 0.2) is 0 Å². The third-order valence-electron chi connectivity index (χ3n) is 2.16. The van der Waals surface area contributed by atoms with E-state index in [1.165, 1.54) is 0 Å². The van der Waals surface area contributed by atoms with Crippen molar-refractivity contribution in [3.63, 3.8) is 0 Å². The van der Waals surface area contributed by atoms with Gasteiger partial charge < -0.3 is 5.73 Å². The second-order valence-electron chi connectivity index (χ2n) is 3.44. The van der Waals surface area contributed by atoms with Gasteiger partial charge in [-0.2, -0.15) is 0 Å². The van der Waals surface area contributed by atoms with Gasteiger partial charge in [-0.3, -0.25) is 0 Å². The smallest absolute Gasteiger partial charge is 0.0453 e. The first-order chi connectivity index (χ1) is 7.13. The summed E-state index contributed by atoms with van der Waals surface area (Å²) in [5.74, 6) is 2.57. The van der Waals surface area contributed by atoms with Crippen LogP contribution in [0.15, 0.2) is 18.2 Å². The van der Waals surface area contributed by atoms with Crippen LogP contribution in [-0.4, -0.2) is 6.04 Å². The van der Waals surface area contributed by atoms with Gasteiger partial charge in [0.25, 0.3) is 0 Å². The molecular weight excluding hydrogens is 229 g/mol. The fourth-order valence-electron chi connectivity index (χ4n) is 1.34. The molecule has 0 bridgehead atoms. The van der Waals surface area contributed by atoms with Crippen molar-refractivity contribution in [1.29, 1.82) is 0 Å². The molecule has 15 heavy (non-hydrogen) atoms. The predicted octanol–water partition coefficient (Wildman–Crippen LogP) is 3.28. The Bertz CT molecular complexity index is 368. The summed E-state index contributed by atoms with van der Waals surface area (Å²) in [6.07, 6.45) is 7.42. The third kappa shape index (κ3) is 4.13. The summed E-state index contributed by atoms with van der Waals surface area (Å²) < 4.78 is 0. The van der Waals surface area contributed by atoms with Crippen molar-refractivity contribution in [2.45, 2.75) is 25.3 Å². The van der Waals surface area contributed by atoms with E-state index in [4.69, 9.17) is 35.4 Å². The van der Waals surface area contributed by atoms with Gasteiger partial charge >= 0.3 is 0 Å². The number of halogens is 2. The van der Waals surface area contributed by atoms with Crippen LogP contribution < -0.4 is 5.73 Å². The Labute approximate surface area is 101 Å². The van der Waals surface area contributed by atoms with Crippen LogP contribution in [0.25, 0.3) is 0 Å². The Hall–Kier alpha value is -0.680. The Kier molecular flexibility index (Phi) is 4.98. The minimum atomic E-state index is 0.0553. The van der Waals surface area contributed by atoms with Crippen molar-refractivity contribution in [2.75, 3.05) is 0 Å². The average Bonchev–Trinajstić information content (AvgIpc) is 2.19. The molecule has 3 heteroatoms. The van der Waals surface area contributed by atoms with Gasteiger partial charge in [-0.05, 0) is 30.5 Å². The van der Waals surface area contributed by atoms with E-state index in [0.29, 0.717) is 16.5 Å². The zero-order chi connectivity index (χ0) is 11.3. The first-order valence-electron chi connectivity index (χ1n) is 4.76. The monoisotopic (exact) mass is 241 g/mol. The van der Waals surface area contributed by atoms with Crippen LogP contribution >= 0.6 is 23.2 Å². The van der Waals surface area contributed by atoms with E-state index in [0.717, 1.165) is 18.4 Å². The molecule has 0 aliphatic carbocycles. The van der Waals surface area contributed by atoms with Crippen molar-refractivity contribution >= 4 is 23.2 Å². The SMILES string of the molecule is C#CCCC(N)Cc1ccc(Cl)cc1Cl. The van der Waals surface area contributed by atoms with Crippen LogP contribution in [0.4, 0.5) is 0 Å². The van der Waals surface area contributed by atoms with Crippen LogP contribution in [0, 0.1) is 12.3 Å². The van der Waals surface area contributed by atoms with Gasteiger partial charge in [0.1, 0.15) is 0 Å². The highest BCUT2D eigenvalue weighted by atomic mass is 35.5. The summed E-state index contributed by atoms with van der Waals surface area (Å²) in [5, 5.41) is 1.31. The molecule has 0 heterocycles. The van der Waals surface area contributed by atoms with Crippen LogP contribution in [0.2, 0.25) is 10.0 Å². The first-order valence-corrected chi connectivity index (χ1v) is 5.52. The lowest BCUT2D eigenvalue weighted by atomic mass is 10.0. The van der Waals surface area contributed by atoms with Gasteiger partial charge in [-0.25, -0.2) is 0 Å². The molecule has 0 saturated carbocycles. The van der Waals surface area contributed by atoms with Gasteiger partial charge in [-0.1, -0.05) is 29.3 Å². The second-order valence-corrected chi connectivity index (χ2v) is 4.29. The van der Waals surface area contributed by atoms with Crippen molar-refractivity contribution < 1.29 is 0 Å². The molecule has 0 spiro atoms. The van der Waals surface area contributed by atoms with Crippen LogP contribution in [0.3, 0.4) is 0 Å². The van der Waals surface area contributed by atoms with E-state index in [1.54, 1.807) is 6.07 Å². The van der Waals surface area contributed by atoms with Gasteiger partial charge in [0, 0.05) is 22.5 Å². The standard InChI is InChI=1S/C12H13Cl2N/c1-2-3-4-11(15)7-9-5-6-10(13)8-12(9)14/h1,5-6,8,11H,3-4,7,15H2. The summed E-state index contributed by atoms with van der Waals surface area (Å²) in [6, 6.07) is 5.50. The molecule has 0 radical (unpaired) electrons. The zero-order valence-electron chi connectivity index (χ0n) is 8.34. The van der Waals surface area contributed by atoms with Crippen LogP contribution in [0.5, 0.6) is 0 Å². The van der Waals surface area contributed by atoms with E-state index in [-0.39, 0.29) is 6.04 Å². The Balaban J connectivity index is 2.61. The lowest BCUT2D eigenvalue weighted by Crippen LogP contribution is -2.22. The number of hydrogen-bond acceptors (Lipinski definition) is 1. The Morgan fingerprint density at radius 2 is 2.13 bits per heavy atom. The lowest BCUT2D eigenvalue weighted by molar-refractivity contribution is 0.623. The molecule has 0 fully saturated rings. The summed E-state index contributed by atoms with van der Waals surface area (Å²) in [4.78, 5) is 0. The van der Waals surface area contributed by atoms with Crippen molar-refractivity contribution in [2.24, 2.45) is 5.73 Å². The third-order valence-corrected chi connectivity index (χ3v) is 2.74. The highest BCUT2D eigenvalue weighted by Crippen LogP contribution is 2.22. The highest BCUT2D eigenvalue weighted by molar-refractivity contribution is 6.35. The maximum Gasteiger partial charge on any atom is 0.0453 e. The van der Waals surface area contributed by atoms with Gasteiger partial charge in [-0.15, -0.1) is 12.3 Å². The summed E-state index contributed by atoms with van der Waals surface area (Å²) in [7, 11) is 0. The van der Waals surface area contributed by atoms with E-state index in [2.05, 4.69) is 5.92 Å². The molecule has 0 aliphatic rings. The number of hydrogen-bond donors (Lipinski definition) is 1. The quantitative estimate of drug-likeness (QED) is 0.805. The van der Waals surface area contributed by atoms with E-state index >= 15 is 0 Å². The van der Waals surface area contributed by atoms with Gasteiger partial charge in [0.2, 0.25) is 0 Å². The summed E-state index contributed by atoms with van der Waals surface area (Å²) >= 11 is 11.8. The maximum atomic E-state index is 6.03. The number of terminal acetylenes is 1. The van der Waals surface area contributed by atoms with Crippen molar-refractivity contribution in [1.82, 2.24) is 0 Å². The molecule has 2 N–H and O–H groups in total. The first kappa shape index (κ1) is 12.4. The average molecular weight is 242 g/mol. The largest absolute Gasteiger partial charge is 0.327 e. The summed E-state index contributed by atoms with van der Waals surface area (Å²) in [6.45, 7) is 0. The van der Waals surface area contributed by atoms with Gasteiger partial charge in [0.05, 0.1) is 0 Å². The van der Waals surface area contributed by atoms with E-state index in [1.807, 2.05) is 12.1 Å². The molecule has 1 aromatic carbocycles. The molecule has 0 saturated heterocycles. The maximum absolute atomic E-state index is 6.03. The Morgan fingerprint density at radius 3 is 2.73 bits per heavy atom. The van der Waals surface area contributed by atoms with Crippen LogP contribution in [-0.2, 0) is 6.42 Å². The summed E-state index contributed by atoms with van der Waals surface area (Å²) in [5.41, 5.74) is 6.93.